The van der Waals surface area contributed by atoms with Crippen molar-refractivity contribution >= 4 is 17.4 Å². The standard InChI is InChI=1S/C14H16N4O4/c1-9-4-5-11(18(20)21)12(6-9)22-8-14(19)15-13-7-10(2)16-17(13)3/h4-7H,8H2,1-3H3,(H,15,19). The first-order chi connectivity index (χ1) is 10.4. The van der Waals surface area contributed by atoms with Gasteiger partial charge < -0.3 is 10.1 Å². The van der Waals surface area contributed by atoms with Gasteiger partial charge in [0.2, 0.25) is 0 Å². The lowest BCUT2D eigenvalue weighted by molar-refractivity contribution is -0.385. The summed E-state index contributed by atoms with van der Waals surface area (Å²) >= 11 is 0. The second kappa shape index (κ2) is 6.25. The summed E-state index contributed by atoms with van der Waals surface area (Å²) in [6.45, 7) is 3.27. The second-order valence-corrected chi connectivity index (χ2v) is 4.86. The Bertz CT molecular complexity index is 724. The zero-order chi connectivity index (χ0) is 16.3. The van der Waals surface area contributed by atoms with E-state index in [9.17, 15) is 14.9 Å². The quantitative estimate of drug-likeness (QED) is 0.672. The van der Waals surface area contributed by atoms with Crippen LogP contribution < -0.4 is 10.1 Å². The van der Waals surface area contributed by atoms with E-state index in [1.54, 1.807) is 26.1 Å². The van der Waals surface area contributed by atoms with Crippen LogP contribution in [0.5, 0.6) is 5.75 Å². The number of aryl methyl sites for hydroxylation is 3. The molecule has 0 saturated heterocycles. The lowest BCUT2D eigenvalue weighted by atomic mass is 10.2. The Labute approximate surface area is 126 Å². The largest absolute Gasteiger partial charge is 0.477 e. The van der Waals surface area contributed by atoms with Gasteiger partial charge >= 0.3 is 5.69 Å². The van der Waals surface area contributed by atoms with Gasteiger partial charge in [-0.15, -0.1) is 0 Å². The van der Waals surface area contributed by atoms with Crippen LogP contribution in [-0.4, -0.2) is 27.2 Å². The Morgan fingerprint density at radius 3 is 2.73 bits per heavy atom. The van der Waals surface area contributed by atoms with E-state index in [2.05, 4.69) is 10.4 Å². The van der Waals surface area contributed by atoms with Gasteiger partial charge in [-0.3, -0.25) is 19.6 Å². The fourth-order valence-electron chi connectivity index (χ4n) is 1.94. The Hall–Kier alpha value is -2.90. The van der Waals surface area contributed by atoms with Crippen LogP contribution in [0.3, 0.4) is 0 Å². The fourth-order valence-corrected chi connectivity index (χ4v) is 1.94. The Kier molecular flexibility index (Phi) is 4.40. The first-order valence-electron chi connectivity index (χ1n) is 6.55. The molecule has 1 aromatic carbocycles. The van der Waals surface area contributed by atoms with E-state index in [4.69, 9.17) is 4.74 Å². The molecule has 0 atom stereocenters. The molecule has 2 rings (SSSR count). The molecule has 116 valence electrons. The van der Waals surface area contributed by atoms with Gasteiger partial charge in [-0.05, 0) is 25.5 Å². The molecule has 1 N–H and O–H groups in total. The van der Waals surface area contributed by atoms with E-state index in [-0.39, 0.29) is 18.0 Å². The first kappa shape index (κ1) is 15.5. The molecule has 1 heterocycles. The number of nitrogens with zero attached hydrogens (tertiary/aromatic N) is 3. The van der Waals surface area contributed by atoms with Gasteiger partial charge in [0.15, 0.2) is 12.4 Å². The predicted molar refractivity (Wildman–Crippen MR) is 79.9 cm³/mol. The normalized spacial score (nSPS) is 10.3. The van der Waals surface area contributed by atoms with Gasteiger partial charge in [-0.2, -0.15) is 5.10 Å². The highest BCUT2D eigenvalue weighted by atomic mass is 16.6. The van der Waals surface area contributed by atoms with Crippen LogP contribution in [-0.2, 0) is 11.8 Å². The molecule has 22 heavy (non-hydrogen) atoms. The minimum atomic E-state index is -0.544. The smallest absolute Gasteiger partial charge is 0.310 e. The summed E-state index contributed by atoms with van der Waals surface area (Å²) in [4.78, 5) is 22.3. The molecule has 0 bridgehead atoms. The van der Waals surface area contributed by atoms with Crippen molar-refractivity contribution in [3.8, 4) is 5.75 Å². The zero-order valence-corrected chi connectivity index (χ0v) is 12.5. The van der Waals surface area contributed by atoms with Crippen molar-refractivity contribution < 1.29 is 14.5 Å². The van der Waals surface area contributed by atoms with Crippen LogP contribution in [0, 0.1) is 24.0 Å². The maximum absolute atomic E-state index is 11.9. The molecule has 0 fully saturated rings. The number of benzene rings is 1. The molecular formula is C14H16N4O4. The monoisotopic (exact) mass is 304 g/mol. The molecule has 8 heteroatoms. The predicted octanol–water partition coefficient (Wildman–Crippen LogP) is 1.96. The Morgan fingerprint density at radius 2 is 2.14 bits per heavy atom. The average Bonchev–Trinajstić information content (AvgIpc) is 2.74. The number of rotatable bonds is 5. The molecule has 0 spiro atoms. The van der Waals surface area contributed by atoms with Gasteiger partial charge in [-0.25, -0.2) is 0 Å². The third-order valence-electron chi connectivity index (χ3n) is 2.94. The van der Waals surface area contributed by atoms with Crippen LogP contribution in [0.2, 0.25) is 0 Å². The number of nitrogens with one attached hydrogen (secondary N) is 1. The third kappa shape index (κ3) is 3.60. The van der Waals surface area contributed by atoms with E-state index in [1.165, 1.54) is 16.8 Å². The van der Waals surface area contributed by atoms with Crippen LogP contribution in [0.1, 0.15) is 11.3 Å². The summed E-state index contributed by atoms with van der Waals surface area (Å²) in [5.41, 5.74) is 1.41. The van der Waals surface area contributed by atoms with Crippen molar-refractivity contribution in [3.63, 3.8) is 0 Å². The number of aromatic nitrogens is 2. The van der Waals surface area contributed by atoms with Gasteiger partial charge in [0.05, 0.1) is 10.6 Å². The number of carbonyl (C=O) groups is 1. The number of hydrogen-bond donors (Lipinski definition) is 1. The molecule has 1 aromatic heterocycles. The number of amides is 1. The van der Waals surface area contributed by atoms with Crippen LogP contribution >= 0.6 is 0 Å². The van der Waals surface area contributed by atoms with Crippen LogP contribution in [0.25, 0.3) is 0 Å². The van der Waals surface area contributed by atoms with Crippen molar-refractivity contribution in [3.05, 3.63) is 45.6 Å². The minimum Gasteiger partial charge on any atom is -0.477 e. The molecule has 2 aromatic rings. The summed E-state index contributed by atoms with van der Waals surface area (Å²) in [5, 5.41) is 17.7. The third-order valence-corrected chi connectivity index (χ3v) is 2.94. The van der Waals surface area contributed by atoms with Crippen LogP contribution in [0.4, 0.5) is 11.5 Å². The van der Waals surface area contributed by atoms with Crippen molar-refractivity contribution in [2.45, 2.75) is 13.8 Å². The van der Waals surface area contributed by atoms with Crippen LogP contribution in [0.15, 0.2) is 24.3 Å². The second-order valence-electron chi connectivity index (χ2n) is 4.86. The fraction of sp³-hybridized carbons (Fsp3) is 0.286. The molecule has 0 aliphatic rings. The van der Waals surface area contributed by atoms with E-state index < -0.39 is 10.8 Å². The van der Waals surface area contributed by atoms with Crippen molar-refractivity contribution in [1.29, 1.82) is 0 Å². The maximum Gasteiger partial charge on any atom is 0.310 e. The summed E-state index contributed by atoms with van der Waals surface area (Å²) < 4.78 is 6.81. The van der Waals surface area contributed by atoms with Crippen molar-refractivity contribution in [2.75, 3.05) is 11.9 Å². The zero-order valence-electron chi connectivity index (χ0n) is 12.5. The average molecular weight is 304 g/mol. The molecule has 1 amide bonds. The SMILES string of the molecule is Cc1ccc([N+](=O)[O-])c(OCC(=O)Nc2cc(C)nn2C)c1. The van der Waals surface area contributed by atoms with E-state index >= 15 is 0 Å². The molecular weight excluding hydrogens is 288 g/mol. The van der Waals surface area contributed by atoms with E-state index in [0.29, 0.717) is 5.82 Å². The number of anilines is 1. The number of nitro benzene ring substituents is 1. The first-order valence-corrected chi connectivity index (χ1v) is 6.55. The number of carbonyl (C=O) groups excluding carboxylic acids is 1. The summed E-state index contributed by atoms with van der Waals surface area (Å²) in [7, 11) is 1.70. The van der Waals surface area contributed by atoms with Crippen molar-refractivity contribution in [1.82, 2.24) is 9.78 Å². The van der Waals surface area contributed by atoms with Gasteiger partial charge in [0.1, 0.15) is 5.82 Å². The van der Waals surface area contributed by atoms with Gasteiger partial charge in [-0.1, -0.05) is 6.07 Å². The maximum atomic E-state index is 11.9. The lowest BCUT2D eigenvalue weighted by Crippen LogP contribution is -2.21. The molecule has 0 saturated carbocycles. The highest BCUT2D eigenvalue weighted by Gasteiger charge is 2.16. The molecule has 0 unspecified atom stereocenters. The number of nitro groups is 1. The van der Waals surface area contributed by atoms with Crippen molar-refractivity contribution in [2.24, 2.45) is 7.05 Å². The summed E-state index contributed by atoms with van der Waals surface area (Å²) in [5.74, 6) is 0.185. The van der Waals surface area contributed by atoms with Gasteiger partial charge in [0, 0.05) is 19.2 Å². The minimum absolute atomic E-state index is 0.0707. The van der Waals surface area contributed by atoms with E-state index in [1.807, 2.05) is 6.92 Å². The Morgan fingerprint density at radius 1 is 1.41 bits per heavy atom. The highest BCUT2D eigenvalue weighted by Crippen LogP contribution is 2.27. The Balaban J connectivity index is 2.04. The van der Waals surface area contributed by atoms with Gasteiger partial charge in [0.25, 0.3) is 5.91 Å². The number of hydrogen-bond acceptors (Lipinski definition) is 5. The molecule has 8 nitrogen and oxygen atoms in total. The number of ether oxygens (including phenoxy) is 1. The summed E-state index contributed by atoms with van der Waals surface area (Å²) in [6, 6.07) is 6.21. The highest BCUT2D eigenvalue weighted by molar-refractivity contribution is 5.91. The topological polar surface area (TPSA) is 99.3 Å². The summed E-state index contributed by atoms with van der Waals surface area (Å²) in [6.07, 6.45) is 0. The molecule has 0 aliphatic heterocycles. The molecule has 0 aliphatic carbocycles. The van der Waals surface area contributed by atoms with E-state index in [0.717, 1.165) is 11.3 Å². The lowest BCUT2D eigenvalue weighted by Gasteiger charge is -2.08. The molecule has 0 radical (unpaired) electrons.